The Hall–Kier alpha value is -3.14. The summed E-state index contributed by atoms with van der Waals surface area (Å²) in [7, 11) is 0. The number of carbonyl (C=O) groups is 2. The Labute approximate surface area is 152 Å². The third-order valence-electron chi connectivity index (χ3n) is 4.87. The highest BCUT2D eigenvalue weighted by atomic mass is 16.2. The summed E-state index contributed by atoms with van der Waals surface area (Å²) in [6, 6.07) is 20.8. The van der Waals surface area contributed by atoms with Crippen LogP contribution in [0.1, 0.15) is 22.8 Å². The van der Waals surface area contributed by atoms with Crippen molar-refractivity contribution in [2.75, 3.05) is 11.4 Å². The Morgan fingerprint density at radius 3 is 2.58 bits per heavy atom. The molecule has 1 unspecified atom stereocenters. The summed E-state index contributed by atoms with van der Waals surface area (Å²) in [4.78, 5) is 27.8. The van der Waals surface area contributed by atoms with Crippen molar-refractivity contribution in [3.05, 3.63) is 77.9 Å². The molecule has 1 heterocycles. The minimum Gasteiger partial charge on any atom is -0.355 e. The molecule has 2 amide bonds. The molecule has 4 rings (SSSR count). The predicted molar refractivity (Wildman–Crippen MR) is 103 cm³/mol. The lowest BCUT2D eigenvalue weighted by atomic mass is 10.0. The highest BCUT2D eigenvalue weighted by Gasteiger charge is 2.38. The van der Waals surface area contributed by atoms with Crippen LogP contribution < -0.4 is 10.2 Å². The molecule has 0 saturated heterocycles. The number of nitrogens with one attached hydrogen (secondary N) is 1. The van der Waals surface area contributed by atoms with Gasteiger partial charge in [0.2, 0.25) is 5.91 Å². The first-order valence-corrected chi connectivity index (χ1v) is 8.87. The maximum atomic E-state index is 13.5. The SMILES string of the molecule is CCNC(=O)C1Cc2ccccc2N1C(=O)c1cccc2ccccc12. The fourth-order valence-corrected chi connectivity index (χ4v) is 3.68. The maximum Gasteiger partial charge on any atom is 0.259 e. The molecule has 0 bridgehead atoms. The first kappa shape index (κ1) is 16.3. The molecule has 0 aliphatic carbocycles. The number of benzene rings is 3. The number of para-hydroxylation sites is 1. The summed E-state index contributed by atoms with van der Waals surface area (Å²) in [6.45, 7) is 2.43. The largest absolute Gasteiger partial charge is 0.355 e. The van der Waals surface area contributed by atoms with Crippen molar-refractivity contribution >= 4 is 28.3 Å². The van der Waals surface area contributed by atoms with Gasteiger partial charge in [-0.15, -0.1) is 0 Å². The second-order valence-electron chi connectivity index (χ2n) is 6.45. The van der Waals surface area contributed by atoms with Crippen molar-refractivity contribution in [3.8, 4) is 0 Å². The van der Waals surface area contributed by atoms with E-state index >= 15 is 0 Å². The van der Waals surface area contributed by atoms with Crippen molar-refractivity contribution in [1.82, 2.24) is 5.32 Å². The Kier molecular flexibility index (Phi) is 4.17. The molecule has 4 nitrogen and oxygen atoms in total. The molecular formula is C22H20N2O2. The van der Waals surface area contributed by atoms with E-state index in [1.807, 2.05) is 73.7 Å². The van der Waals surface area contributed by atoms with Crippen LogP contribution >= 0.6 is 0 Å². The third kappa shape index (κ3) is 2.64. The average Bonchev–Trinajstić information content (AvgIpc) is 3.07. The molecule has 3 aromatic rings. The van der Waals surface area contributed by atoms with Gasteiger partial charge in [-0.25, -0.2) is 0 Å². The number of rotatable bonds is 3. The summed E-state index contributed by atoms with van der Waals surface area (Å²) in [6.07, 6.45) is 0.540. The lowest BCUT2D eigenvalue weighted by Crippen LogP contribution is -2.48. The predicted octanol–water partition coefficient (Wildman–Crippen LogP) is 3.55. The molecule has 130 valence electrons. The van der Waals surface area contributed by atoms with E-state index in [9.17, 15) is 9.59 Å². The van der Waals surface area contributed by atoms with Crippen LogP contribution in [0.2, 0.25) is 0 Å². The summed E-state index contributed by atoms with van der Waals surface area (Å²) < 4.78 is 0. The first-order chi connectivity index (χ1) is 12.7. The number of likely N-dealkylation sites (N-methyl/N-ethyl adjacent to an activating group) is 1. The van der Waals surface area contributed by atoms with E-state index in [0.29, 0.717) is 18.5 Å². The number of hydrogen-bond donors (Lipinski definition) is 1. The molecule has 1 aliphatic rings. The minimum absolute atomic E-state index is 0.114. The number of anilines is 1. The van der Waals surface area contributed by atoms with Crippen molar-refractivity contribution in [1.29, 1.82) is 0 Å². The quantitative estimate of drug-likeness (QED) is 0.790. The van der Waals surface area contributed by atoms with Crippen LogP contribution in [0.15, 0.2) is 66.7 Å². The van der Waals surface area contributed by atoms with Gasteiger partial charge >= 0.3 is 0 Å². The number of hydrogen-bond acceptors (Lipinski definition) is 2. The molecule has 1 N–H and O–H groups in total. The molecule has 3 aromatic carbocycles. The zero-order chi connectivity index (χ0) is 18.1. The van der Waals surface area contributed by atoms with E-state index in [2.05, 4.69) is 5.32 Å². The van der Waals surface area contributed by atoms with Crippen LogP contribution in [0.3, 0.4) is 0 Å². The molecule has 26 heavy (non-hydrogen) atoms. The highest BCUT2D eigenvalue weighted by Crippen LogP contribution is 2.34. The van der Waals surface area contributed by atoms with Crippen molar-refractivity contribution in [2.45, 2.75) is 19.4 Å². The number of carbonyl (C=O) groups excluding carboxylic acids is 2. The van der Waals surface area contributed by atoms with Crippen LogP contribution in [-0.2, 0) is 11.2 Å². The topological polar surface area (TPSA) is 49.4 Å². The van der Waals surface area contributed by atoms with Crippen molar-refractivity contribution in [2.24, 2.45) is 0 Å². The standard InChI is InChI=1S/C22H20N2O2/c1-2-23-21(25)20-14-16-9-4-6-13-19(16)24(20)22(26)18-12-7-10-15-8-3-5-11-17(15)18/h3-13,20H,2,14H2,1H3,(H,23,25). The number of amides is 2. The van der Waals surface area contributed by atoms with Gasteiger partial charge in [0.15, 0.2) is 0 Å². The van der Waals surface area contributed by atoms with Crippen LogP contribution in [0.5, 0.6) is 0 Å². The molecule has 1 aliphatic heterocycles. The van der Waals surface area contributed by atoms with E-state index in [1.54, 1.807) is 4.90 Å². The third-order valence-corrected chi connectivity index (χ3v) is 4.87. The van der Waals surface area contributed by atoms with Gasteiger partial charge in [-0.2, -0.15) is 0 Å². The highest BCUT2D eigenvalue weighted by molar-refractivity contribution is 6.17. The van der Waals surface area contributed by atoms with Gasteiger partial charge in [0.1, 0.15) is 6.04 Å². The Bertz CT molecular complexity index is 991. The lowest BCUT2D eigenvalue weighted by Gasteiger charge is -2.25. The molecule has 4 heteroatoms. The van der Waals surface area contributed by atoms with Gasteiger partial charge in [-0.3, -0.25) is 14.5 Å². The summed E-state index contributed by atoms with van der Waals surface area (Å²) >= 11 is 0. The molecular weight excluding hydrogens is 324 g/mol. The first-order valence-electron chi connectivity index (χ1n) is 8.87. The van der Waals surface area contributed by atoms with E-state index < -0.39 is 6.04 Å². The number of nitrogens with zero attached hydrogens (tertiary/aromatic N) is 1. The molecule has 1 atom stereocenters. The van der Waals surface area contributed by atoms with Crippen LogP contribution in [0.4, 0.5) is 5.69 Å². The molecule has 0 saturated carbocycles. The molecule has 0 fully saturated rings. The van der Waals surface area contributed by atoms with Gasteiger partial charge in [0.25, 0.3) is 5.91 Å². The summed E-state index contributed by atoms with van der Waals surface area (Å²) in [5, 5.41) is 4.78. The second-order valence-corrected chi connectivity index (χ2v) is 6.45. The molecule has 0 aromatic heterocycles. The summed E-state index contributed by atoms with van der Waals surface area (Å²) in [5.74, 6) is -0.250. The van der Waals surface area contributed by atoms with Crippen LogP contribution in [0, 0.1) is 0 Å². The zero-order valence-electron chi connectivity index (χ0n) is 14.6. The normalized spacial score (nSPS) is 15.7. The van der Waals surface area contributed by atoms with E-state index in [4.69, 9.17) is 0 Å². The van der Waals surface area contributed by atoms with Crippen LogP contribution in [0.25, 0.3) is 10.8 Å². The maximum absolute atomic E-state index is 13.5. The van der Waals surface area contributed by atoms with Gasteiger partial charge in [0, 0.05) is 24.2 Å². The smallest absolute Gasteiger partial charge is 0.259 e. The van der Waals surface area contributed by atoms with Gasteiger partial charge in [-0.1, -0.05) is 54.6 Å². The van der Waals surface area contributed by atoms with Gasteiger partial charge in [0.05, 0.1) is 0 Å². The van der Waals surface area contributed by atoms with E-state index in [-0.39, 0.29) is 11.8 Å². The van der Waals surface area contributed by atoms with E-state index in [1.165, 1.54) is 0 Å². The number of fused-ring (bicyclic) bond motifs is 2. The van der Waals surface area contributed by atoms with Gasteiger partial charge in [-0.05, 0) is 35.4 Å². The molecule has 0 spiro atoms. The van der Waals surface area contributed by atoms with Crippen molar-refractivity contribution < 1.29 is 9.59 Å². The van der Waals surface area contributed by atoms with Crippen LogP contribution in [-0.4, -0.2) is 24.4 Å². The minimum atomic E-state index is -0.515. The lowest BCUT2D eigenvalue weighted by molar-refractivity contribution is -0.122. The molecule has 0 radical (unpaired) electrons. The second kappa shape index (κ2) is 6.64. The monoisotopic (exact) mass is 344 g/mol. The Morgan fingerprint density at radius 1 is 1.00 bits per heavy atom. The average molecular weight is 344 g/mol. The van der Waals surface area contributed by atoms with Gasteiger partial charge < -0.3 is 5.32 Å². The summed E-state index contributed by atoms with van der Waals surface area (Å²) in [5.41, 5.74) is 2.47. The fraction of sp³-hybridized carbons (Fsp3) is 0.182. The zero-order valence-corrected chi connectivity index (χ0v) is 14.6. The fourth-order valence-electron chi connectivity index (χ4n) is 3.68. The van der Waals surface area contributed by atoms with E-state index in [0.717, 1.165) is 22.0 Å². The Balaban J connectivity index is 1.82. The van der Waals surface area contributed by atoms with Crippen molar-refractivity contribution in [3.63, 3.8) is 0 Å². The Morgan fingerprint density at radius 2 is 1.73 bits per heavy atom.